The van der Waals surface area contributed by atoms with Crippen LogP contribution in [0.4, 0.5) is 4.39 Å². The summed E-state index contributed by atoms with van der Waals surface area (Å²) in [6.07, 6.45) is 5.58. The summed E-state index contributed by atoms with van der Waals surface area (Å²) < 4.78 is 24.0. The molecule has 0 spiro atoms. The number of ether oxygens (including phenoxy) is 1. The smallest absolute Gasteiger partial charge is 0.120 e. The first-order valence-corrected chi connectivity index (χ1v) is 9.53. The molecule has 2 aliphatic heterocycles. The first-order chi connectivity index (χ1) is 13.1. The fourth-order valence-corrected chi connectivity index (χ4v) is 4.37. The van der Waals surface area contributed by atoms with Crippen LogP contribution in [0, 0.1) is 6.92 Å². The molecule has 0 amide bonds. The summed E-state index contributed by atoms with van der Waals surface area (Å²) in [5.41, 5.74) is 4.16. The zero-order chi connectivity index (χ0) is 18.5. The first-order valence-electron chi connectivity index (χ1n) is 9.53. The van der Waals surface area contributed by atoms with E-state index in [0.29, 0.717) is 12.6 Å². The molecule has 0 N–H and O–H groups in total. The predicted octanol–water partition coefficient (Wildman–Crippen LogP) is 2.59. The van der Waals surface area contributed by atoms with E-state index in [0.717, 1.165) is 53.9 Å². The molecular weight excluding hydrogens is 345 g/mol. The number of hydrogen-bond donors (Lipinski definition) is 0. The van der Waals surface area contributed by atoms with Crippen LogP contribution in [0.15, 0.2) is 30.7 Å². The van der Waals surface area contributed by atoms with Crippen molar-refractivity contribution in [3.8, 4) is 5.69 Å². The van der Waals surface area contributed by atoms with Crippen molar-refractivity contribution in [2.75, 3.05) is 26.3 Å². The maximum absolute atomic E-state index is 15.1. The molecular formula is C20H24FN5O. The van der Waals surface area contributed by atoms with E-state index in [1.165, 1.54) is 0 Å². The molecule has 2 aliphatic rings. The molecule has 2 aromatic heterocycles. The lowest BCUT2D eigenvalue weighted by Gasteiger charge is -2.43. The molecule has 4 heterocycles. The standard InChI is InChI=1S/C20H24FN5O/c1-13-5-14-7-23-26(15-8-22-24(2)9-15)20(14)6-18(13)17-3-4-25(10-19(17)21)16-11-27-12-16/h5-9,16-17,19H,3-4,10-12H2,1-2H3/t17-,19+/m1/s1. The number of piperidine rings is 1. The van der Waals surface area contributed by atoms with Crippen LogP contribution in [0.5, 0.6) is 0 Å². The molecule has 2 atom stereocenters. The Labute approximate surface area is 157 Å². The second kappa shape index (κ2) is 6.42. The summed E-state index contributed by atoms with van der Waals surface area (Å²) in [6, 6.07) is 4.66. The summed E-state index contributed by atoms with van der Waals surface area (Å²) in [5.74, 6) is -0.0658. The predicted molar refractivity (Wildman–Crippen MR) is 101 cm³/mol. The van der Waals surface area contributed by atoms with E-state index in [9.17, 15) is 0 Å². The van der Waals surface area contributed by atoms with Gasteiger partial charge in [0.15, 0.2) is 0 Å². The fraction of sp³-hybridized carbons (Fsp3) is 0.500. The lowest BCUT2D eigenvalue weighted by Crippen LogP contribution is -2.54. The van der Waals surface area contributed by atoms with Crippen LogP contribution in [-0.2, 0) is 11.8 Å². The molecule has 0 saturated carbocycles. The molecule has 27 heavy (non-hydrogen) atoms. The van der Waals surface area contributed by atoms with Crippen molar-refractivity contribution in [3.63, 3.8) is 0 Å². The van der Waals surface area contributed by atoms with Gasteiger partial charge >= 0.3 is 0 Å². The van der Waals surface area contributed by atoms with E-state index in [1.54, 1.807) is 10.9 Å². The van der Waals surface area contributed by atoms with Gasteiger partial charge in [-0.3, -0.25) is 9.58 Å². The Morgan fingerprint density at radius 2 is 2.04 bits per heavy atom. The Bertz CT molecular complexity index is 976. The largest absolute Gasteiger partial charge is 0.378 e. The molecule has 7 heteroatoms. The van der Waals surface area contributed by atoms with Gasteiger partial charge < -0.3 is 4.74 Å². The van der Waals surface area contributed by atoms with E-state index < -0.39 is 6.17 Å². The van der Waals surface area contributed by atoms with Crippen molar-refractivity contribution in [1.82, 2.24) is 24.5 Å². The average molecular weight is 369 g/mol. The molecule has 3 aromatic rings. The van der Waals surface area contributed by atoms with Crippen LogP contribution >= 0.6 is 0 Å². The average Bonchev–Trinajstić information content (AvgIpc) is 3.18. The summed E-state index contributed by atoms with van der Waals surface area (Å²) in [4.78, 5) is 2.25. The quantitative estimate of drug-likeness (QED) is 0.712. The molecule has 0 bridgehead atoms. The van der Waals surface area contributed by atoms with Gasteiger partial charge in [0, 0.05) is 24.9 Å². The van der Waals surface area contributed by atoms with E-state index in [4.69, 9.17) is 4.74 Å². The van der Waals surface area contributed by atoms with Crippen LogP contribution in [0.25, 0.3) is 16.6 Å². The number of benzene rings is 1. The van der Waals surface area contributed by atoms with Gasteiger partial charge in [0.05, 0.1) is 43.4 Å². The van der Waals surface area contributed by atoms with Crippen molar-refractivity contribution in [2.45, 2.75) is 31.5 Å². The van der Waals surface area contributed by atoms with Gasteiger partial charge in [-0.1, -0.05) is 0 Å². The van der Waals surface area contributed by atoms with Gasteiger partial charge in [-0.15, -0.1) is 0 Å². The Balaban J connectivity index is 1.48. The molecule has 2 fully saturated rings. The molecule has 1 aromatic carbocycles. The van der Waals surface area contributed by atoms with Crippen molar-refractivity contribution in [2.24, 2.45) is 7.05 Å². The van der Waals surface area contributed by atoms with Gasteiger partial charge in [-0.2, -0.15) is 10.2 Å². The molecule has 0 unspecified atom stereocenters. The number of fused-ring (bicyclic) bond motifs is 1. The van der Waals surface area contributed by atoms with E-state index in [1.807, 2.05) is 24.1 Å². The number of hydrogen-bond acceptors (Lipinski definition) is 4. The second-order valence-electron chi connectivity index (χ2n) is 7.79. The highest BCUT2D eigenvalue weighted by atomic mass is 19.1. The van der Waals surface area contributed by atoms with Gasteiger partial charge in [0.25, 0.3) is 0 Å². The van der Waals surface area contributed by atoms with E-state index in [2.05, 4.69) is 34.2 Å². The van der Waals surface area contributed by atoms with Gasteiger partial charge in [-0.05, 0) is 43.1 Å². The Morgan fingerprint density at radius 3 is 2.70 bits per heavy atom. The minimum absolute atomic E-state index is 0.0658. The number of aromatic nitrogens is 4. The normalized spacial score (nSPS) is 24.4. The maximum Gasteiger partial charge on any atom is 0.120 e. The molecule has 0 radical (unpaired) electrons. The van der Waals surface area contributed by atoms with E-state index >= 15 is 4.39 Å². The van der Waals surface area contributed by atoms with Crippen molar-refractivity contribution >= 4 is 10.9 Å². The van der Waals surface area contributed by atoms with Gasteiger partial charge in [0.2, 0.25) is 0 Å². The van der Waals surface area contributed by atoms with Crippen LogP contribution < -0.4 is 0 Å². The third-order valence-electron chi connectivity index (χ3n) is 6.00. The third kappa shape index (κ3) is 2.85. The van der Waals surface area contributed by atoms with Crippen molar-refractivity contribution in [3.05, 3.63) is 41.9 Å². The highest BCUT2D eigenvalue weighted by Gasteiger charge is 2.36. The summed E-state index contributed by atoms with van der Waals surface area (Å²) in [5, 5.41) is 9.84. The topological polar surface area (TPSA) is 48.1 Å². The third-order valence-corrected chi connectivity index (χ3v) is 6.00. The Morgan fingerprint density at radius 1 is 1.19 bits per heavy atom. The molecule has 2 saturated heterocycles. The zero-order valence-corrected chi connectivity index (χ0v) is 15.7. The van der Waals surface area contributed by atoms with Crippen LogP contribution in [-0.4, -0.2) is 63.0 Å². The molecule has 6 nitrogen and oxygen atoms in total. The zero-order valence-electron chi connectivity index (χ0n) is 15.7. The number of rotatable bonds is 3. The monoisotopic (exact) mass is 369 g/mol. The summed E-state index contributed by atoms with van der Waals surface area (Å²) >= 11 is 0. The molecule has 0 aliphatic carbocycles. The maximum atomic E-state index is 15.1. The van der Waals surface area contributed by atoms with Crippen LogP contribution in [0.3, 0.4) is 0 Å². The lowest BCUT2D eigenvalue weighted by molar-refractivity contribution is -0.0807. The number of halogens is 1. The van der Waals surface area contributed by atoms with Crippen LogP contribution in [0.1, 0.15) is 23.5 Å². The second-order valence-corrected chi connectivity index (χ2v) is 7.79. The fourth-order valence-electron chi connectivity index (χ4n) is 4.37. The minimum atomic E-state index is -0.856. The van der Waals surface area contributed by atoms with E-state index in [-0.39, 0.29) is 5.92 Å². The van der Waals surface area contributed by atoms with Gasteiger partial charge in [0.1, 0.15) is 11.9 Å². The number of alkyl halides is 1. The minimum Gasteiger partial charge on any atom is -0.378 e. The Kier molecular flexibility index (Phi) is 4.02. The molecule has 142 valence electrons. The highest BCUT2D eigenvalue weighted by Crippen LogP contribution is 2.36. The SMILES string of the molecule is Cc1cc2cnn(-c3cnn(C)c3)c2cc1[C@H]1CCN(C2COC2)C[C@@H]1F. The van der Waals surface area contributed by atoms with Crippen LogP contribution in [0.2, 0.25) is 0 Å². The first kappa shape index (κ1) is 16.9. The number of likely N-dealkylation sites (tertiary alicyclic amines) is 1. The number of aryl methyl sites for hydroxylation is 2. The lowest BCUT2D eigenvalue weighted by atomic mass is 9.84. The summed E-state index contributed by atoms with van der Waals surface area (Å²) in [7, 11) is 1.89. The van der Waals surface area contributed by atoms with Crippen molar-refractivity contribution < 1.29 is 9.13 Å². The highest BCUT2D eigenvalue weighted by molar-refractivity contribution is 5.82. The molecule has 5 rings (SSSR count). The number of nitrogens with zero attached hydrogens (tertiary/aromatic N) is 5. The van der Waals surface area contributed by atoms with Crippen molar-refractivity contribution in [1.29, 1.82) is 0 Å². The van der Waals surface area contributed by atoms with Gasteiger partial charge in [-0.25, -0.2) is 9.07 Å². The summed E-state index contributed by atoms with van der Waals surface area (Å²) in [6.45, 7) is 4.99. The Hall–Kier alpha value is -2.25.